The van der Waals surface area contributed by atoms with Gasteiger partial charge in [0, 0.05) is 35.8 Å². The van der Waals surface area contributed by atoms with Crippen LogP contribution >= 0.6 is 0 Å². The van der Waals surface area contributed by atoms with E-state index < -0.39 is 0 Å². The van der Waals surface area contributed by atoms with Gasteiger partial charge in [-0.25, -0.2) is 14.4 Å². The van der Waals surface area contributed by atoms with Crippen molar-refractivity contribution in [3.8, 4) is 0 Å². The maximum atomic E-state index is 14.0. The van der Waals surface area contributed by atoms with E-state index in [2.05, 4.69) is 36.4 Å². The summed E-state index contributed by atoms with van der Waals surface area (Å²) >= 11 is 0. The summed E-state index contributed by atoms with van der Waals surface area (Å²) in [5.41, 5.74) is 1.56. The third-order valence-corrected chi connectivity index (χ3v) is 6.56. The van der Waals surface area contributed by atoms with E-state index in [-0.39, 0.29) is 35.1 Å². The van der Waals surface area contributed by atoms with Gasteiger partial charge in [-0.3, -0.25) is 10.1 Å². The van der Waals surface area contributed by atoms with Crippen LogP contribution in [-0.4, -0.2) is 28.5 Å². The molecule has 2 aromatic rings. The number of halogens is 1. The highest BCUT2D eigenvalue weighted by molar-refractivity contribution is 5.82. The molecule has 1 amide bonds. The Morgan fingerprint density at radius 1 is 1.23 bits per heavy atom. The lowest BCUT2D eigenvalue weighted by atomic mass is 9.89. The Hall–Kier alpha value is -2.34. The Labute approximate surface area is 184 Å². The normalized spacial score (nSPS) is 24.5. The summed E-state index contributed by atoms with van der Waals surface area (Å²) in [6.07, 6.45) is 7.33. The zero-order valence-corrected chi connectivity index (χ0v) is 18.7. The number of hydrogen-bond donors (Lipinski definition) is 2. The van der Waals surface area contributed by atoms with Crippen LogP contribution in [0.5, 0.6) is 0 Å². The van der Waals surface area contributed by atoms with Gasteiger partial charge in [0.15, 0.2) is 0 Å². The van der Waals surface area contributed by atoms with E-state index in [1.807, 2.05) is 12.1 Å². The molecule has 6 heteroatoms. The van der Waals surface area contributed by atoms with Gasteiger partial charge < -0.3 is 5.32 Å². The number of benzene rings is 1. The number of carbonyl (C=O) groups is 1. The van der Waals surface area contributed by atoms with Gasteiger partial charge in [-0.15, -0.1) is 0 Å². The third kappa shape index (κ3) is 5.12. The summed E-state index contributed by atoms with van der Waals surface area (Å²) in [5.74, 6) is 1.09. The number of rotatable bonds is 5. The highest BCUT2D eigenvalue weighted by Gasteiger charge is 2.40. The van der Waals surface area contributed by atoms with Crippen LogP contribution in [0.15, 0.2) is 36.5 Å². The van der Waals surface area contributed by atoms with Crippen LogP contribution in [0.1, 0.15) is 81.9 Å². The van der Waals surface area contributed by atoms with Gasteiger partial charge in [-0.05, 0) is 48.9 Å². The van der Waals surface area contributed by atoms with Gasteiger partial charge in [0.25, 0.3) is 0 Å². The first-order valence-corrected chi connectivity index (χ1v) is 11.4. The highest BCUT2D eigenvalue weighted by Crippen LogP contribution is 2.40. The fourth-order valence-electron chi connectivity index (χ4n) is 4.82. The van der Waals surface area contributed by atoms with Crippen molar-refractivity contribution in [3.63, 3.8) is 0 Å². The molecule has 0 unspecified atom stereocenters. The largest absolute Gasteiger partial charge is 0.354 e. The molecule has 2 heterocycles. The molecule has 4 rings (SSSR count). The van der Waals surface area contributed by atoms with Gasteiger partial charge in [0.05, 0.1) is 6.04 Å². The second-order valence-electron chi connectivity index (χ2n) is 10.0. The Morgan fingerprint density at radius 2 is 2.00 bits per heavy atom. The Bertz CT molecular complexity index is 920. The molecule has 1 saturated carbocycles. The average molecular weight is 425 g/mol. The molecule has 0 spiro atoms. The smallest absolute Gasteiger partial charge is 0.237 e. The minimum Gasteiger partial charge on any atom is -0.354 e. The Morgan fingerprint density at radius 3 is 2.71 bits per heavy atom. The van der Waals surface area contributed by atoms with Crippen molar-refractivity contribution in [1.29, 1.82) is 0 Å². The van der Waals surface area contributed by atoms with E-state index in [1.54, 1.807) is 18.3 Å². The van der Waals surface area contributed by atoms with Crippen molar-refractivity contribution in [2.24, 2.45) is 5.92 Å². The van der Waals surface area contributed by atoms with Crippen molar-refractivity contribution in [3.05, 3.63) is 59.4 Å². The molecule has 166 valence electrons. The van der Waals surface area contributed by atoms with Gasteiger partial charge in [0.1, 0.15) is 11.6 Å². The molecule has 5 nitrogen and oxygen atoms in total. The monoisotopic (exact) mass is 424 g/mol. The van der Waals surface area contributed by atoms with Crippen molar-refractivity contribution in [2.45, 2.75) is 76.3 Å². The molecule has 31 heavy (non-hydrogen) atoms. The van der Waals surface area contributed by atoms with Crippen LogP contribution in [0.25, 0.3) is 0 Å². The molecule has 3 atom stereocenters. The molecular formula is C25H33FN4O. The second-order valence-corrected chi connectivity index (χ2v) is 10.0. The molecule has 1 aliphatic heterocycles. The maximum absolute atomic E-state index is 14.0. The Balaban J connectivity index is 1.57. The number of hydrogen-bond acceptors (Lipinski definition) is 4. The van der Waals surface area contributed by atoms with Gasteiger partial charge >= 0.3 is 0 Å². The third-order valence-electron chi connectivity index (χ3n) is 6.56. The Kier molecular flexibility index (Phi) is 6.37. The van der Waals surface area contributed by atoms with Crippen LogP contribution in [0.2, 0.25) is 0 Å². The van der Waals surface area contributed by atoms with Crippen LogP contribution in [-0.2, 0) is 10.2 Å². The topological polar surface area (TPSA) is 66.9 Å². The minimum atomic E-state index is -0.326. The van der Waals surface area contributed by atoms with Crippen molar-refractivity contribution < 1.29 is 9.18 Å². The standard InChI is InChI=1S/C25H33FN4O/c1-25(2,3)24-27-12-11-20(30-24)19-14-21(23(31)28-15-16-7-4-5-8-16)29-22(19)17-9-6-10-18(26)13-17/h6,9-13,16,19,21-22,29H,4-5,7-8,14-15H2,1-3H3,(H,28,31)/t19-,21+,22+/m1/s1. The van der Waals surface area contributed by atoms with Crippen LogP contribution in [0, 0.1) is 11.7 Å². The molecule has 0 bridgehead atoms. The minimum absolute atomic E-state index is 0.0286. The molecular weight excluding hydrogens is 391 g/mol. The predicted octanol–water partition coefficient (Wildman–Crippen LogP) is 4.41. The first kappa shape index (κ1) is 21.9. The van der Waals surface area contributed by atoms with E-state index >= 15 is 0 Å². The van der Waals surface area contributed by atoms with E-state index in [0.717, 1.165) is 23.6 Å². The van der Waals surface area contributed by atoms with Gasteiger partial charge in [0.2, 0.25) is 5.91 Å². The number of aromatic nitrogens is 2. The molecule has 0 radical (unpaired) electrons. The van der Waals surface area contributed by atoms with E-state index in [9.17, 15) is 9.18 Å². The fraction of sp³-hybridized carbons (Fsp3) is 0.560. The molecule has 1 aliphatic carbocycles. The average Bonchev–Trinajstić information content (AvgIpc) is 3.42. The second kappa shape index (κ2) is 9.03. The van der Waals surface area contributed by atoms with Gasteiger partial charge in [-0.1, -0.05) is 45.7 Å². The molecule has 1 saturated heterocycles. The molecule has 1 aromatic heterocycles. The van der Waals surface area contributed by atoms with Crippen LogP contribution in [0.3, 0.4) is 0 Å². The number of nitrogens with one attached hydrogen (secondary N) is 2. The summed E-state index contributed by atoms with van der Waals surface area (Å²) in [6.45, 7) is 7.00. The summed E-state index contributed by atoms with van der Waals surface area (Å²) in [6, 6.07) is 8.05. The first-order chi connectivity index (χ1) is 14.8. The molecule has 2 N–H and O–H groups in total. The summed E-state index contributed by atoms with van der Waals surface area (Å²) < 4.78 is 14.0. The number of amides is 1. The van der Waals surface area contributed by atoms with Gasteiger partial charge in [-0.2, -0.15) is 0 Å². The lowest BCUT2D eigenvalue weighted by molar-refractivity contribution is -0.123. The highest BCUT2D eigenvalue weighted by atomic mass is 19.1. The summed E-state index contributed by atoms with van der Waals surface area (Å²) in [7, 11) is 0. The summed E-state index contributed by atoms with van der Waals surface area (Å²) in [5, 5.41) is 6.63. The lowest BCUT2D eigenvalue weighted by Crippen LogP contribution is -2.42. The van der Waals surface area contributed by atoms with Crippen LogP contribution in [0.4, 0.5) is 4.39 Å². The number of nitrogens with zero attached hydrogens (tertiary/aromatic N) is 2. The lowest BCUT2D eigenvalue weighted by Gasteiger charge is -2.22. The summed E-state index contributed by atoms with van der Waals surface area (Å²) in [4.78, 5) is 22.3. The quantitative estimate of drug-likeness (QED) is 0.746. The van der Waals surface area contributed by atoms with E-state index in [4.69, 9.17) is 4.98 Å². The predicted molar refractivity (Wildman–Crippen MR) is 119 cm³/mol. The van der Waals surface area contributed by atoms with Crippen LogP contribution < -0.4 is 10.6 Å². The zero-order chi connectivity index (χ0) is 22.0. The number of carbonyl (C=O) groups excluding carboxylic acids is 1. The molecule has 1 aromatic carbocycles. The zero-order valence-electron chi connectivity index (χ0n) is 18.7. The van der Waals surface area contributed by atoms with Crippen molar-refractivity contribution >= 4 is 5.91 Å². The fourth-order valence-corrected chi connectivity index (χ4v) is 4.82. The maximum Gasteiger partial charge on any atom is 0.237 e. The molecule has 2 aliphatic rings. The molecule has 2 fully saturated rings. The first-order valence-electron chi connectivity index (χ1n) is 11.4. The SMILES string of the molecule is CC(C)(C)c1nccc([C@H]2C[C@@H](C(=O)NCC3CCCC3)N[C@H]2c2cccc(F)c2)n1. The van der Waals surface area contributed by atoms with Crippen molar-refractivity contribution in [2.75, 3.05) is 6.54 Å². The van der Waals surface area contributed by atoms with E-state index in [0.29, 0.717) is 12.3 Å². The van der Waals surface area contributed by atoms with E-state index in [1.165, 1.54) is 31.7 Å². The van der Waals surface area contributed by atoms with Crippen molar-refractivity contribution in [1.82, 2.24) is 20.6 Å².